The van der Waals surface area contributed by atoms with Crippen molar-refractivity contribution in [3.8, 4) is 6.07 Å². The van der Waals surface area contributed by atoms with Gasteiger partial charge in [-0.2, -0.15) is 5.26 Å². The molecule has 2 heterocycles. The number of aryl methyl sites for hydroxylation is 1. The smallest absolute Gasteiger partial charge is 0.258 e. The van der Waals surface area contributed by atoms with E-state index in [4.69, 9.17) is 0 Å². The molecule has 0 spiro atoms. The lowest BCUT2D eigenvalue weighted by molar-refractivity contribution is -0.124. The van der Waals surface area contributed by atoms with E-state index >= 15 is 0 Å². The highest BCUT2D eigenvalue weighted by atomic mass is 19.1. The number of hydrogen-bond donors (Lipinski definition) is 2. The van der Waals surface area contributed by atoms with E-state index in [-0.39, 0.29) is 29.5 Å². The molecule has 2 aromatic carbocycles. The van der Waals surface area contributed by atoms with Crippen LogP contribution < -0.4 is 16.2 Å². The van der Waals surface area contributed by atoms with E-state index in [1.807, 2.05) is 24.3 Å². The number of hydrogen-bond acceptors (Lipinski definition) is 4. The minimum Gasteiger partial charge on any atom is -0.339 e. The van der Waals surface area contributed by atoms with Crippen molar-refractivity contribution in [2.45, 2.75) is 43.8 Å². The number of nitrogens with one attached hydrogen (secondary N) is 2. The molecule has 1 saturated heterocycles. The van der Waals surface area contributed by atoms with Crippen molar-refractivity contribution < 1.29 is 9.18 Å². The quantitative estimate of drug-likeness (QED) is 0.638. The summed E-state index contributed by atoms with van der Waals surface area (Å²) in [5.41, 5.74) is 0.749. The first-order valence-corrected chi connectivity index (χ1v) is 10.6. The molecule has 2 N–H and O–H groups in total. The van der Waals surface area contributed by atoms with Gasteiger partial charge < -0.3 is 15.2 Å². The maximum absolute atomic E-state index is 15.0. The maximum Gasteiger partial charge on any atom is 0.258 e. The third-order valence-corrected chi connectivity index (χ3v) is 6.82. The van der Waals surface area contributed by atoms with Crippen LogP contribution in [0, 0.1) is 23.1 Å². The van der Waals surface area contributed by atoms with E-state index in [0.717, 1.165) is 30.2 Å². The maximum atomic E-state index is 15.0. The Morgan fingerprint density at radius 2 is 2.10 bits per heavy atom. The molecule has 1 saturated carbocycles. The van der Waals surface area contributed by atoms with Gasteiger partial charge in [-0.3, -0.25) is 9.59 Å². The summed E-state index contributed by atoms with van der Waals surface area (Å²) in [5.74, 6) is -0.390. The number of nitriles is 1. The molecule has 1 aliphatic heterocycles. The Morgan fingerprint density at radius 3 is 2.81 bits per heavy atom. The van der Waals surface area contributed by atoms with E-state index in [1.54, 1.807) is 11.6 Å². The number of amides is 1. The number of fused-ring (bicyclic) bond motifs is 5. The van der Waals surface area contributed by atoms with Crippen LogP contribution in [0.25, 0.3) is 21.7 Å². The Hall–Kier alpha value is -3.24. The molecule has 5 rings (SSSR count). The molecule has 1 aromatic heterocycles. The van der Waals surface area contributed by atoms with Crippen LogP contribution in [0.1, 0.15) is 24.8 Å². The summed E-state index contributed by atoms with van der Waals surface area (Å²) < 4.78 is 16.5. The summed E-state index contributed by atoms with van der Waals surface area (Å²) in [6, 6.07) is 11.6. The lowest BCUT2D eigenvalue weighted by Crippen LogP contribution is -2.50. The van der Waals surface area contributed by atoms with E-state index in [1.165, 1.54) is 12.1 Å². The molecular formula is C24H23FN4O2. The van der Waals surface area contributed by atoms with Gasteiger partial charge in [0, 0.05) is 30.3 Å². The van der Waals surface area contributed by atoms with Gasteiger partial charge in [-0.05, 0) is 54.3 Å². The number of halogens is 1. The molecule has 7 heteroatoms. The highest BCUT2D eigenvalue weighted by molar-refractivity contribution is 6.05. The number of nitrogens with zero attached hydrogens (tertiary/aromatic N) is 2. The zero-order valence-corrected chi connectivity index (χ0v) is 17.2. The van der Waals surface area contributed by atoms with E-state index in [2.05, 4.69) is 16.7 Å². The summed E-state index contributed by atoms with van der Waals surface area (Å²) in [5, 5.41) is 17.4. The average molecular weight is 418 g/mol. The summed E-state index contributed by atoms with van der Waals surface area (Å²) in [7, 11) is 1.69. The Balaban J connectivity index is 1.45. The predicted octanol–water partition coefficient (Wildman–Crippen LogP) is 2.52. The van der Waals surface area contributed by atoms with Crippen molar-refractivity contribution in [1.29, 1.82) is 5.26 Å². The van der Waals surface area contributed by atoms with Crippen molar-refractivity contribution in [3.63, 3.8) is 0 Å². The largest absolute Gasteiger partial charge is 0.339 e. The topological polar surface area (TPSA) is 86.9 Å². The van der Waals surface area contributed by atoms with Gasteiger partial charge in [-0.1, -0.05) is 18.2 Å². The van der Waals surface area contributed by atoms with Gasteiger partial charge >= 0.3 is 0 Å². The van der Waals surface area contributed by atoms with Crippen molar-refractivity contribution in [3.05, 3.63) is 58.1 Å². The molecule has 6 nitrogen and oxygen atoms in total. The van der Waals surface area contributed by atoms with Crippen LogP contribution in [0.15, 0.2) is 41.2 Å². The molecule has 2 fully saturated rings. The van der Waals surface area contributed by atoms with Crippen molar-refractivity contribution in [2.75, 3.05) is 0 Å². The number of piperidine rings is 1. The van der Waals surface area contributed by atoms with Crippen LogP contribution in [0.5, 0.6) is 0 Å². The SMILES string of the molecule is Cn1c(=O)c2cc(CC(C#N)NC(=O)C3NC4CCC3C4)c(F)cc2c2ccccc21. The van der Waals surface area contributed by atoms with E-state index in [9.17, 15) is 19.2 Å². The zero-order chi connectivity index (χ0) is 21.7. The number of aromatic nitrogens is 1. The molecule has 1 amide bonds. The number of rotatable bonds is 4. The van der Waals surface area contributed by atoms with Crippen molar-refractivity contribution in [2.24, 2.45) is 13.0 Å². The van der Waals surface area contributed by atoms with Crippen LogP contribution >= 0.6 is 0 Å². The highest BCUT2D eigenvalue weighted by Gasteiger charge is 2.43. The van der Waals surface area contributed by atoms with Gasteiger partial charge in [0.1, 0.15) is 11.9 Å². The van der Waals surface area contributed by atoms with Gasteiger partial charge in [-0.15, -0.1) is 0 Å². The third-order valence-electron chi connectivity index (χ3n) is 6.82. The minimum atomic E-state index is -0.871. The molecule has 3 aromatic rings. The number of carbonyl (C=O) groups is 1. The fourth-order valence-electron chi connectivity index (χ4n) is 5.22. The summed E-state index contributed by atoms with van der Waals surface area (Å²) >= 11 is 0. The lowest BCUT2D eigenvalue weighted by atomic mass is 9.97. The minimum absolute atomic E-state index is 0.000803. The third kappa shape index (κ3) is 3.28. The van der Waals surface area contributed by atoms with Gasteiger partial charge in [0.2, 0.25) is 5.91 Å². The average Bonchev–Trinajstić information content (AvgIpc) is 3.41. The lowest BCUT2D eigenvalue weighted by Gasteiger charge is -2.23. The van der Waals surface area contributed by atoms with E-state index < -0.39 is 11.9 Å². The molecule has 2 aliphatic rings. The van der Waals surface area contributed by atoms with Gasteiger partial charge in [0.15, 0.2) is 0 Å². The Labute approximate surface area is 178 Å². The molecular weight excluding hydrogens is 395 g/mol. The molecule has 0 radical (unpaired) electrons. The highest BCUT2D eigenvalue weighted by Crippen LogP contribution is 2.35. The molecule has 158 valence electrons. The first kappa shape index (κ1) is 19.7. The number of pyridine rings is 1. The summed E-state index contributed by atoms with van der Waals surface area (Å²) in [4.78, 5) is 25.5. The zero-order valence-electron chi connectivity index (χ0n) is 17.2. The Kier molecular flexibility index (Phi) is 4.75. The van der Waals surface area contributed by atoms with Crippen LogP contribution in [0.4, 0.5) is 4.39 Å². The summed E-state index contributed by atoms with van der Waals surface area (Å²) in [6.07, 6.45) is 3.10. The van der Waals surface area contributed by atoms with Crippen LogP contribution in [-0.4, -0.2) is 28.6 Å². The standard InChI is InChI=1S/C24H23FN4O2/c1-29-21-5-3-2-4-17(21)18-11-20(25)14(10-19(18)24(29)31)9-16(12-26)28-23(30)22-13-6-7-15(8-13)27-22/h2-5,10-11,13,15-16,22,27H,6-9H2,1H3,(H,28,30). The normalized spacial score (nSPS) is 23.2. The van der Waals surface area contributed by atoms with Crippen molar-refractivity contribution >= 4 is 27.6 Å². The first-order chi connectivity index (χ1) is 15.0. The van der Waals surface area contributed by atoms with Crippen LogP contribution in [-0.2, 0) is 18.3 Å². The second-order valence-electron chi connectivity index (χ2n) is 8.68. The van der Waals surface area contributed by atoms with Gasteiger partial charge in [0.05, 0.1) is 17.6 Å². The second kappa shape index (κ2) is 7.47. The Bertz CT molecular complexity index is 1310. The van der Waals surface area contributed by atoms with Gasteiger partial charge in [0.25, 0.3) is 5.56 Å². The van der Waals surface area contributed by atoms with Crippen LogP contribution in [0.2, 0.25) is 0 Å². The van der Waals surface area contributed by atoms with E-state index in [0.29, 0.717) is 22.7 Å². The second-order valence-corrected chi connectivity index (χ2v) is 8.68. The first-order valence-electron chi connectivity index (χ1n) is 10.6. The van der Waals surface area contributed by atoms with Gasteiger partial charge in [-0.25, -0.2) is 4.39 Å². The molecule has 4 unspecified atom stereocenters. The molecule has 2 bridgehead atoms. The molecule has 31 heavy (non-hydrogen) atoms. The molecule has 1 aliphatic carbocycles. The number of para-hydroxylation sites is 1. The number of benzene rings is 2. The predicted molar refractivity (Wildman–Crippen MR) is 116 cm³/mol. The molecule has 4 atom stereocenters. The summed E-state index contributed by atoms with van der Waals surface area (Å²) in [6.45, 7) is 0. The van der Waals surface area contributed by atoms with Crippen LogP contribution in [0.3, 0.4) is 0 Å². The van der Waals surface area contributed by atoms with Crippen molar-refractivity contribution in [1.82, 2.24) is 15.2 Å². The fourth-order valence-corrected chi connectivity index (χ4v) is 5.22. The Morgan fingerprint density at radius 1 is 1.29 bits per heavy atom. The number of carbonyl (C=O) groups excluding carboxylic acids is 1. The fraction of sp³-hybridized carbons (Fsp3) is 0.375. The monoisotopic (exact) mass is 418 g/mol.